The van der Waals surface area contributed by atoms with Crippen LogP contribution < -0.4 is 5.32 Å². The molecule has 106 valence electrons. The van der Waals surface area contributed by atoms with Gasteiger partial charge in [-0.05, 0) is 18.9 Å². The van der Waals surface area contributed by atoms with Gasteiger partial charge in [-0.15, -0.1) is 0 Å². The summed E-state index contributed by atoms with van der Waals surface area (Å²) in [5, 5.41) is 3.54. The zero-order chi connectivity index (χ0) is 13.8. The van der Waals surface area contributed by atoms with E-state index in [1.807, 2.05) is 12.1 Å². The molecule has 0 aliphatic carbocycles. The van der Waals surface area contributed by atoms with E-state index in [0.717, 1.165) is 25.1 Å². The van der Waals surface area contributed by atoms with Crippen LogP contribution in [-0.4, -0.2) is 30.1 Å². The maximum Gasteiger partial charge on any atom is 0.127 e. The highest BCUT2D eigenvalue weighted by Crippen LogP contribution is 2.21. The third-order valence-corrected chi connectivity index (χ3v) is 4.28. The summed E-state index contributed by atoms with van der Waals surface area (Å²) in [6, 6.07) is 8.11. The summed E-state index contributed by atoms with van der Waals surface area (Å²) in [4.78, 5) is 2.44. The molecule has 1 aliphatic rings. The molecule has 1 aromatic rings. The Morgan fingerprint density at radius 2 is 2.16 bits per heavy atom. The van der Waals surface area contributed by atoms with E-state index in [0.29, 0.717) is 24.5 Å². The minimum atomic E-state index is -0.0865. The van der Waals surface area contributed by atoms with Crippen molar-refractivity contribution >= 4 is 0 Å². The van der Waals surface area contributed by atoms with Crippen LogP contribution in [0.5, 0.6) is 0 Å². The molecule has 1 fully saturated rings. The number of hydrogen-bond donors (Lipinski definition) is 1. The van der Waals surface area contributed by atoms with Crippen LogP contribution in [-0.2, 0) is 6.54 Å². The van der Waals surface area contributed by atoms with E-state index < -0.39 is 0 Å². The summed E-state index contributed by atoms with van der Waals surface area (Å²) in [7, 11) is 0. The molecular weight excluding hydrogens is 239 g/mol. The van der Waals surface area contributed by atoms with E-state index >= 15 is 0 Å². The Morgan fingerprint density at radius 1 is 1.42 bits per heavy atom. The van der Waals surface area contributed by atoms with Crippen molar-refractivity contribution in [1.82, 2.24) is 10.2 Å². The van der Waals surface area contributed by atoms with Crippen molar-refractivity contribution in [3.05, 3.63) is 35.6 Å². The molecule has 0 spiro atoms. The molecule has 3 unspecified atom stereocenters. The van der Waals surface area contributed by atoms with E-state index in [4.69, 9.17) is 0 Å². The van der Waals surface area contributed by atoms with E-state index in [-0.39, 0.29) is 5.82 Å². The maximum absolute atomic E-state index is 13.8. The lowest BCUT2D eigenvalue weighted by Crippen LogP contribution is -2.57. The molecule has 1 aliphatic heterocycles. The van der Waals surface area contributed by atoms with Crippen LogP contribution in [0, 0.1) is 11.7 Å². The standard InChI is InChI=1S/C16H25FN2/c1-4-12(2)16-9-18-13(3)10-19(16)11-14-7-5-6-8-15(14)17/h5-8,12-13,16,18H,4,9-11H2,1-3H3. The fourth-order valence-corrected chi connectivity index (χ4v) is 2.86. The summed E-state index contributed by atoms with van der Waals surface area (Å²) in [5.41, 5.74) is 0.810. The third-order valence-electron chi connectivity index (χ3n) is 4.28. The first-order valence-electron chi connectivity index (χ1n) is 7.32. The number of nitrogens with zero attached hydrogens (tertiary/aromatic N) is 1. The number of hydrogen-bond acceptors (Lipinski definition) is 2. The number of nitrogens with one attached hydrogen (secondary N) is 1. The zero-order valence-corrected chi connectivity index (χ0v) is 12.2. The van der Waals surface area contributed by atoms with Crippen LogP contribution in [0.15, 0.2) is 24.3 Å². The van der Waals surface area contributed by atoms with Gasteiger partial charge in [0.2, 0.25) is 0 Å². The lowest BCUT2D eigenvalue weighted by molar-refractivity contribution is 0.0874. The molecule has 1 aromatic carbocycles. The van der Waals surface area contributed by atoms with Gasteiger partial charge in [0.15, 0.2) is 0 Å². The highest BCUT2D eigenvalue weighted by Gasteiger charge is 2.29. The Kier molecular flexibility index (Phi) is 4.94. The molecule has 1 N–H and O–H groups in total. The lowest BCUT2D eigenvalue weighted by Gasteiger charge is -2.42. The van der Waals surface area contributed by atoms with Crippen LogP contribution in [0.3, 0.4) is 0 Å². The van der Waals surface area contributed by atoms with Gasteiger partial charge in [0.25, 0.3) is 0 Å². The monoisotopic (exact) mass is 264 g/mol. The Balaban J connectivity index is 2.12. The van der Waals surface area contributed by atoms with Gasteiger partial charge in [-0.2, -0.15) is 0 Å². The second-order valence-corrected chi connectivity index (χ2v) is 5.78. The van der Waals surface area contributed by atoms with Crippen molar-refractivity contribution < 1.29 is 4.39 Å². The van der Waals surface area contributed by atoms with Crippen LogP contribution in [0.25, 0.3) is 0 Å². The Morgan fingerprint density at radius 3 is 2.84 bits per heavy atom. The number of benzene rings is 1. The van der Waals surface area contributed by atoms with Crippen LogP contribution >= 0.6 is 0 Å². The van der Waals surface area contributed by atoms with Gasteiger partial charge >= 0.3 is 0 Å². The normalized spacial score (nSPS) is 26.3. The zero-order valence-electron chi connectivity index (χ0n) is 12.2. The summed E-state index contributed by atoms with van der Waals surface area (Å²) in [5.74, 6) is 0.545. The second-order valence-electron chi connectivity index (χ2n) is 5.78. The van der Waals surface area contributed by atoms with Gasteiger partial charge in [0, 0.05) is 37.3 Å². The third kappa shape index (κ3) is 3.54. The van der Waals surface area contributed by atoms with E-state index in [1.54, 1.807) is 12.1 Å². The van der Waals surface area contributed by atoms with Crippen LogP contribution in [0.2, 0.25) is 0 Å². The number of halogens is 1. The largest absolute Gasteiger partial charge is 0.311 e. The molecular formula is C16H25FN2. The smallest absolute Gasteiger partial charge is 0.127 e. The molecule has 3 heteroatoms. The first kappa shape index (κ1) is 14.5. The summed E-state index contributed by atoms with van der Waals surface area (Å²) in [6.07, 6.45) is 1.16. The molecule has 1 saturated heterocycles. The SMILES string of the molecule is CCC(C)C1CNC(C)CN1Cc1ccccc1F. The molecule has 2 nitrogen and oxygen atoms in total. The van der Waals surface area contributed by atoms with Crippen molar-refractivity contribution in [2.24, 2.45) is 5.92 Å². The van der Waals surface area contributed by atoms with Gasteiger partial charge in [-0.25, -0.2) is 4.39 Å². The first-order valence-corrected chi connectivity index (χ1v) is 7.32. The fraction of sp³-hybridized carbons (Fsp3) is 0.625. The Bertz CT molecular complexity index is 407. The van der Waals surface area contributed by atoms with Gasteiger partial charge in [-0.3, -0.25) is 4.90 Å². The molecule has 0 radical (unpaired) electrons. The average Bonchev–Trinajstić information content (AvgIpc) is 2.41. The van der Waals surface area contributed by atoms with E-state index in [1.165, 1.54) is 0 Å². The molecule has 19 heavy (non-hydrogen) atoms. The number of rotatable bonds is 4. The molecule has 1 heterocycles. The highest BCUT2D eigenvalue weighted by molar-refractivity contribution is 5.17. The van der Waals surface area contributed by atoms with Gasteiger partial charge in [0.05, 0.1) is 0 Å². The minimum absolute atomic E-state index is 0.0865. The van der Waals surface area contributed by atoms with Crippen molar-refractivity contribution in [3.63, 3.8) is 0 Å². The first-order chi connectivity index (χ1) is 9.11. The van der Waals surface area contributed by atoms with Gasteiger partial charge < -0.3 is 5.32 Å². The maximum atomic E-state index is 13.8. The molecule has 0 aromatic heterocycles. The predicted octanol–water partition coefficient (Wildman–Crippen LogP) is 3.03. The minimum Gasteiger partial charge on any atom is -0.311 e. The van der Waals surface area contributed by atoms with Crippen LogP contribution in [0.1, 0.15) is 32.8 Å². The van der Waals surface area contributed by atoms with Crippen molar-refractivity contribution in [1.29, 1.82) is 0 Å². The van der Waals surface area contributed by atoms with Crippen molar-refractivity contribution in [3.8, 4) is 0 Å². The lowest BCUT2D eigenvalue weighted by atomic mass is 9.94. The highest BCUT2D eigenvalue weighted by atomic mass is 19.1. The molecule has 0 bridgehead atoms. The molecule has 0 amide bonds. The van der Waals surface area contributed by atoms with E-state index in [9.17, 15) is 4.39 Å². The quantitative estimate of drug-likeness (QED) is 0.899. The summed E-state index contributed by atoms with van der Waals surface area (Å²) < 4.78 is 13.8. The summed E-state index contributed by atoms with van der Waals surface area (Å²) in [6.45, 7) is 9.42. The van der Waals surface area contributed by atoms with Crippen molar-refractivity contribution in [2.45, 2.75) is 45.8 Å². The molecule has 2 rings (SSSR count). The molecule has 0 saturated carbocycles. The Labute approximate surface area is 116 Å². The predicted molar refractivity (Wildman–Crippen MR) is 77.5 cm³/mol. The van der Waals surface area contributed by atoms with Gasteiger partial charge in [0.1, 0.15) is 5.82 Å². The fourth-order valence-electron chi connectivity index (χ4n) is 2.86. The summed E-state index contributed by atoms with van der Waals surface area (Å²) >= 11 is 0. The molecule has 3 atom stereocenters. The number of piperazine rings is 1. The average molecular weight is 264 g/mol. The van der Waals surface area contributed by atoms with Crippen molar-refractivity contribution in [2.75, 3.05) is 13.1 Å². The van der Waals surface area contributed by atoms with E-state index in [2.05, 4.69) is 31.0 Å². The Hall–Kier alpha value is -0.930. The topological polar surface area (TPSA) is 15.3 Å². The van der Waals surface area contributed by atoms with Gasteiger partial charge in [-0.1, -0.05) is 38.5 Å². The second kappa shape index (κ2) is 6.49. The van der Waals surface area contributed by atoms with Crippen LogP contribution in [0.4, 0.5) is 4.39 Å².